The molecule has 0 aliphatic heterocycles. The summed E-state index contributed by atoms with van der Waals surface area (Å²) >= 11 is 5.28. The molecule has 0 aliphatic rings. The normalized spacial score (nSPS) is 14.6. The third kappa shape index (κ3) is 6.46. The van der Waals surface area contributed by atoms with Crippen LogP contribution in [0.15, 0.2) is 33.6 Å². The van der Waals surface area contributed by atoms with Crippen molar-refractivity contribution in [3.63, 3.8) is 0 Å². The maximum absolute atomic E-state index is 9.02. The van der Waals surface area contributed by atoms with Crippen LogP contribution in [-0.2, 0) is 0 Å². The van der Waals surface area contributed by atoms with Gasteiger partial charge in [0.05, 0.1) is 6.61 Å². The fraction of sp³-hybridized carbons (Fsp3) is 0.538. The molecule has 0 saturated carbocycles. The van der Waals surface area contributed by atoms with E-state index in [2.05, 4.69) is 40.2 Å². The smallest absolute Gasteiger partial charge is 0.0608 e. The molecule has 1 aromatic carbocycles. The van der Waals surface area contributed by atoms with Crippen LogP contribution in [0.1, 0.15) is 26.2 Å². The number of hydrogen-bond acceptors (Lipinski definition) is 3. The molecule has 0 fully saturated rings. The summed E-state index contributed by atoms with van der Waals surface area (Å²) in [4.78, 5) is 1.30. The summed E-state index contributed by atoms with van der Waals surface area (Å²) in [5.74, 6) is 1.10. The number of hydrogen-bond donors (Lipinski definition) is 2. The van der Waals surface area contributed by atoms with Gasteiger partial charge in [0.2, 0.25) is 0 Å². The van der Waals surface area contributed by atoms with Gasteiger partial charge in [0.1, 0.15) is 0 Å². The van der Waals surface area contributed by atoms with Crippen molar-refractivity contribution in [2.45, 2.75) is 36.6 Å². The van der Waals surface area contributed by atoms with E-state index in [-0.39, 0.29) is 6.61 Å². The third-order valence-electron chi connectivity index (χ3n) is 2.59. The van der Waals surface area contributed by atoms with Crippen molar-refractivity contribution in [1.82, 2.24) is 0 Å². The number of aliphatic hydroxyl groups is 1. The molecule has 0 spiro atoms. The van der Waals surface area contributed by atoms with Crippen LogP contribution in [0.3, 0.4) is 0 Å². The van der Waals surface area contributed by atoms with E-state index >= 15 is 0 Å². The quantitative estimate of drug-likeness (QED) is 0.598. The molecule has 0 aliphatic carbocycles. The van der Waals surface area contributed by atoms with Gasteiger partial charge >= 0.3 is 0 Å². The summed E-state index contributed by atoms with van der Waals surface area (Å²) in [5, 5.41) is 9.02. The summed E-state index contributed by atoms with van der Waals surface area (Å²) in [6.45, 7) is 1.96. The molecule has 0 amide bonds. The van der Waals surface area contributed by atoms with Gasteiger partial charge < -0.3 is 10.8 Å². The van der Waals surface area contributed by atoms with E-state index < -0.39 is 5.54 Å². The molecule has 0 saturated heterocycles. The lowest BCUT2D eigenvalue weighted by Crippen LogP contribution is -2.39. The first-order valence-corrected chi connectivity index (χ1v) is 7.59. The van der Waals surface area contributed by atoms with Gasteiger partial charge in [-0.25, -0.2) is 0 Å². The number of halogens is 1. The monoisotopic (exact) mass is 317 g/mol. The first-order chi connectivity index (χ1) is 8.03. The predicted octanol–water partition coefficient (Wildman–Crippen LogP) is 3.42. The van der Waals surface area contributed by atoms with Crippen molar-refractivity contribution in [2.75, 3.05) is 12.4 Å². The molecule has 0 radical (unpaired) electrons. The first kappa shape index (κ1) is 15.0. The van der Waals surface area contributed by atoms with Crippen LogP contribution in [0.4, 0.5) is 0 Å². The van der Waals surface area contributed by atoms with E-state index in [1.165, 1.54) is 4.90 Å². The number of nitrogens with two attached hydrogens (primary N) is 1. The van der Waals surface area contributed by atoms with Gasteiger partial charge in [-0.05, 0) is 49.8 Å². The lowest BCUT2D eigenvalue weighted by atomic mass is 9.98. The Balaban J connectivity index is 2.14. The van der Waals surface area contributed by atoms with Crippen LogP contribution in [0.25, 0.3) is 0 Å². The fourth-order valence-electron chi connectivity index (χ4n) is 1.43. The minimum atomic E-state index is -0.414. The highest BCUT2D eigenvalue weighted by Crippen LogP contribution is 2.22. The Bertz CT molecular complexity index is 327. The lowest BCUT2D eigenvalue weighted by molar-refractivity contribution is 0.198. The Morgan fingerprint density at radius 2 is 1.94 bits per heavy atom. The molecule has 17 heavy (non-hydrogen) atoms. The molecule has 0 heterocycles. The van der Waals surface area contributed by atoms with Gasteiger partial charge in [-0.1, -0.05) is 22.4 Å². The molecule has 0 bridgehead atoms. The fourth-order valence-corrected chi connectivity index (χ4v) is 2.61. The predicted molar refractivity (Wildman–Crippen MR) is 78.4 cm³/mol. The highest BCUT2D eigenvalue weighted by molar-refractivity contribution is 9.10. The Kier molecular flexibility index (Phi) is 6.55. The number of unbranched alkanes of at least 4 members (excludes halogenated alkanes) is 1. The second kappa shape index (κ2) is 7.41. The van der Waals surface area contributed by atoms with E-state index in [1.807, 2.05) is 18.7 Å². The van der Waals surface area contributed by atoms with Gasteiger partial charge in [0.25, 0.3) is 0 Å². The summed E-state index contributed by atoms with van der Waals surface area (Å²) in [6.07, 6.45) is 3.08. The molecule has 0 aromatic heterocycles. The van der Waals surface area contributed by atoms with Crippen molar-refractivity contribution >= 4 is 27.7 Å². The Morgan fingerprint density at radius 1 is 1.29 bits per heavy atom. The zero-order valence-electron chi connectivity index (χ0n) is 10.2. The minimum absolute atomic E-state index is 0.0624. The second-order valence-corrected chi connectivity index (χ2v) is 6.66. The number of thioether (sulfide) groups is 1. The Labute approximate surface area is 116 Å². The maximum atomic E-state index is 9.02. The van der Waals surface area contributed by atoms with Crippen molar-refractivity contribution in [3.8, 4) is 0 Å². The average Bonchev–Trinajstić information content (AvgIpc) is 2.31. The first-order valence-electron chi connectivity index (χ1n) is 5.82. The van der Waals surface area contributed by atoms with E-state index in [4.69, 9.17) is 10.8 Å². The van der Waals surface area contributed by atoms with Gasteiger partial charge in [0, 0.05) is 14.9 Å². The highest BCUT2D eigenvalue weighted by Gasteiger charge is 2.15. The van der Waals surface area contributed by atoms with Gasteiger partial charge in [-0.3, -0.25) is 0 Å². The van der Waals surface area contributed by atoms with E-state index in [0.29, 0.717) is 0 Å². The van der Waals surface area contributed by atoms with Gasteiger partial charge in [-0.15, -0.1) is 11.8 Å². The molecule has 1 rings (SSSR count). The number of aliphatic hydroxyl groups excluding tert-OH is 1. The molecular weight excluding hydrogens is 298 g/mol. The van der Waals surface area contributed by atoms with Crippen LogP contribution in [0.2, 0.25) is 0 Å². The van der Waals surface area contributed by atoms with Crippen LogP contribution in [-0.4, -0.2) is 23.0 Å². The molecule has 2 nitrogen and oxygen atoms in total. The zero-order chi connectivity index (χ0) is 12.7. The highest BCUT2D eigenvalue weighted by atomic mass is 79.9. The Hall–Kier alpha value is -0.0300. The van der Waals surface area contributed by atoms with Crippen molar-refractivity contribution in [3.05, 3.63) is 28.7 Å². The topological polar surface area (TPSA) is 46.2 Å². The molecule has 96 valence electrons. The molecule has 1 atom stereocenters. The minimum Gasteiger partial charge on any atom is -0.394 e. The standard InChI is InChI=1S/C13H20BrNOS/c1-13(15,10-16)8-2-3-9-17-12-6-4-11(14)5-7-12/h4-7,16H,2-3,8-10,15H2,1H3. The largest absolute Gasteiger partial charge is 0.394 e. The molecule has 1 unspecified atom stereocenters. The SMILES string of the molecule is CC(N)(CO)CCCCSc1ccc(Br)cc1. The Morgan fingerprint density at radius 3 is 2.53 bits per heavy atom. The van der Waals surface area contributed by atoms with Crippen LogP contribution >= 0.6 is 27.7 Å². The molecule has 3 N–H and O–H groups in total. The van der Waals surface area contributed by atoms with Crippen molar-refractivity contribution in [2.24, 2.45) is 5.73 Å². The summed E-state index contributed by atoms with van der Waals surface area (Å²) in [5.41, 5.74) is 5.45. The second-order valence-electron chi connectivity index (χ2n) is 4.57. The van der Waals surface area contributed by atoms with E-state index in [0.717, 1.165) is 29.5 Å². The van der Waals surface area contributed by atoms with Gasteiger partial charge in [0.15, 0.2) is 0 Å². The van der Waals surface area contributed by atoms with Crippen molar-refractivity contribution < 1.29 is 5.11 Å². The molecule has 4 heteroatoms. The van der Waals surface area contributed by atoms with E-state index in [1.54, 1.807) is 0 Å². The van der Waals surface area contributed by atoms with Crippen LogP contribution in [0, 0.1) is 0 Å². The summed E-state index contributed by atoms with van der Waals surface area (Å²) in [7, 11) is 0. The van der Waals surface area contributed by atoms with Crippen LogP contribution in [0.5, 0.6) is 0 Å². The third-order valence-corrected chi connectivity index (χ3v) is 4.21. The molecule has 1 aromatic rings. The maximum Gasteiger partial charge on any atom is 0.0608 e. The van der Waals surface area contributed by atoms with Crippen LogP contribution < -0.4 is 5.73 Å². The van der Waals surface area contributed by atoms with E-state index in [9.17, 15) is 0 Å². The van der Waals surface area contributed by atoms with Crippen molar-refractivity contribution in [1.29, 1.82) is 0 Å². The van der Waals surface area contributed by atoms with Gasteiger partial charge in [-0.2, -0.15) is 0 Å². The number of rotatable bonds is 7. The average molecular weight is 318 g/mol. The summed E-state index contributed by atoms with van der Waals surface area (Å²) in [6, 6.07) is 8.36. The lowest BCUT2D eigenvalue weighted by Gasteiger charge is -2.21. The number of benzene rings is 1. The zero-order valence-corrected chi connectivity index (χ0v) is 12.6. The summed E-state index contributed by atoms with van der Waals surface area (Å²) < 4.78 is 1.11. The molecular formula is C13H20BrNOS.